The average Bonchev–Trinajstić information content (AvgIpc) is 3.00. The molecule has 1 aliphatic rings. The van der Waals surface area contributed by atoms with Gasteiger partial charge in [0.15, 0.2) is 0 Å². The van der Waals surface area contributed by atoms with Crippen LogP contribution in [0.1, 0.15) is 5.56 Å². The largest absolute Gasteiger partial charge is 0.489 e. The standard InChI is InChI=1S/C22H20N2O5/c1-27-21(25)19-5-3-4-14-24(20(19)22(26)28-2)17-6-8-18(9-7-17)29-15-16-10-12-23-13-11-16/h3-14H,15H2,1-2H3. The zero-order chi connectivity index (χ0) is 20.6. The van der Waals surface area contributed by atoms with Crippen LogP contribution in [0.15, 0.2) is 84.5 Å². The van der Waals surface area contributed by atoms with Gasteiger partial charge in [-0.15, -0.1) is 0 Å². The van der Waals surface area contributed by atoms with Crippen LogP contribution in [-0.4, -0.2) is 31.1 Å². The molecule has 7 heteroatoms. The molecule has 0 radical (unpaired) electrons. The van der Waals surface area contributed by atoms with Crippen LogP contribution in [0.5, 0.6) is 5.75 Å². The third-order valence-corrected chi connectivity index (χ3v) is 4.16. The Bertz CT molecular complexity index is 962. The smallest absolute Gasteiger partial charge is 0.355 e. The number of carbonyl (C=O) groups is 2. The highest BCUT2D eigenvalue weighted by molar-refractivity contribution is 6.05. The van der Waals surface area contributed by atoms with E-state index in [1.807, 2.05) is 12.1 Å². The van der Waals surface area contributed by atoms with Gasteiger partial charge < -0.3 is 19.1 Å². The molecule has 0 bridgehead atoms. The van der Waals surface area contributed by atoms with Gasteiger partial charge >= 0.3 is 11.9 Å². The van der Waals surface area contributed by atoms with Crippen molar-refractivity contribution >= 4 is 17.6 Å². The number of ether oxygens (including phenoxy) is 3. The van der Waals surface area contributed by atoms with E-state index in [2.05, 4.69) is 4.98 Å². The molecule has 0 fully saturated rings. The van der Waals surface area contributed by atoms with Gasteiger partial charge in [-0.2, -0.15) is 0 Å². The first kappa shape index (κ1) is 19.9. The average molecular weight is 392 g/mol. The van der Waals surface area contributed by atoms with Crippen molar-refractivity contribution in [3.8, 4) is 5.75 Å². The van der Waals surface area contributed by atoms with Gasteiger partial charge in [-0.05, 0) is 54.1 Å². The molecule has 0 atom stereocenters. The van der Waals surface area contributed by atoms with E-state index < -0.39 is 11.9 Å². The Morgan fingerprint density at radius 2 is 1.62 bits per heavy atom. The minimum absolute atomic E-state index is 0.0646. The Balaban J connectivity index is 1.87. The second kappa shape index (κ2) is 9.36. The lowest BCUT2D eigenvalue weighted by molar-refractivity contribution is -0.139. The topological polar surface area (TPSA) is 78.0 Å². The number of methoxy groups -OCH3 is 2. The summed E-state index contributed by atoms with van der Waals surface area (Å²) in [6.07, 6.45) is 9.97. The summed E-state index contributed by atoms with van der Waals surface area (Å²) in [5.41, 5.74) is 1.82. The zero-order valence-corrected chi connectivity index (χ0v) is 16.1. The number of aromatic nitrogens is 1. The van der Waals surface area contributed by atoms with Crippen LogP contribution >= 0.6 is 0 Å². The van der Waals surface area contributed by atoms with Crippen molar-refractivity contribution in [3.63, 3.8) is 0 Å². The van der Waals surface area contributed by atoms with Crippen molar-refractivity contribution in [2.75, 3.05) is 19.1 Å². The maximum absolute atomic E-state index is 12.4. The van der Waals surface area contributed by atoms with Gasteiger partial charge in [-0.1, -0.05) is 6.08 Å². The number of pyridine rings is 1. The number of carbonyl (C=O) groups excluding carboxylic acids is 2. The summed E-state index contributed by atoms with van der Waals surface area (Å²) in [5, 5.41) is 0. The van der Waals surface area contributed by atoms with Crippen molar-refractivity contribution < 1.29 is 23.8 Å². The number of allylic oxidation sites excluding steroid dienone is 2. The monoisotopic (exact) mass is 392 g/mol. The van der Waals surface area contributed by atoms with Crippen molar-refractivity contribution in [2.45, 2.75) is 6.61 Å². The minimum atomic E-state index is -0.653. The first-order valence-electron chi connectivity index (χ1n) is 8.81. The van der Waals surface area contributed by atoms with E-state index in [0.717, 1.165) is 5.56 Å². The van der Waals surface area contributed by atoms with E-state index in [0.29, 0.717) is 18.0 Å². The number of hydrogen-bond donors (Lipinski definition) is 0. The summed E-state index contributed by atoms with van der Waals surface area (Å²) >= 11 is 0. The Morgan fingerprint density at radius 3 is 2.28 bits per heavy atom. The second-order valence-electron chi connectivity index (χ2n) is 5.95. The Morgan fingerprint density at radius 1 is 0.931 bits per heavy atom. The molecule has 0 saturated carbocycles. The summed E-state index contributed by atoms with van der Waals surface area (Å²) < 4.78 is 15.5. The van der Waals surface area contributed by atoms with Crippen molar-refractivity contribution in [2.24, 2.45) is 0 Å². The molecule has 1 aromatic heterocycles. The lowest BCUT2D eigenvalue weighted by Gasteiger charge is -2.23. The zero-order valence-electron chi connectivity index (χ0n) is 16.1. The second-order valence-corrected chi connectivity index (χ2v) is 5.95. The highest BCUT2D eigenvalue weighted by Crippen LogP contribution is 2.28. The van der Waals surface area contributed by atoms with Crippen LogP contribution in [0.25, 0.3) is 0 Å². The fraction of sp³-hybridized carbons (Fsp3) is 0.136. The fourth-order valence-electron chi connectivity index (χ4n) is 2.71. The molecule has 2 heterocycles. The van der Waals surface area contributed by atoms with Crippen LogP contribution in [0.4, 0.5) is 5.69 Å². The van der Waals surface area contributed by atoms with Crippen molar-refractivity contribution in [1.82, 2.24) is 4.98 Å². The van der Waals surface area contributed by atoms with Crippen LogP contribution in [-0.2, 0) is 25.7 Å². The summed E-state index contributed by atoms with van der Waals surface area (Å²) in [5.74, 6) is -0.619. The molecule has 29 heavy (non-hydrogen) atoms. The number of esters is 2. The molecule has 2 aromatic rings. The number of nitrogens with zero attached hydrogens (tertiary/aromatic N) is 2. The summed E-state index contributed by atoms with van der Waals surface area (Å²) in [6.45, 7) is 0.412. The molecular formula is C22H20N2O5. The van der Waals surface area contributed by atoms with Crippen LogP contribution in [0.3, 0.4) is 0 Å². The van der Waals surface area contributed by atoms with E-state index in [1.165, 1.54) is 20.3 Å². The first-order valence-corrected chi connectivity index (χ1v) is 8.81. The van der Waals surface area contributed by atoms with E-state index in [9.17, 15) is 9.59 Å². The van der Waals surface area contributed by atoms with Crippen molar-refractivity contribution in [3.05, 3.63) is 90.1 Å². The third-order valence-electron chi connectivity index (χ3n) is 4.16. The molecule has 1 aliphatic heterocycles. The molecule has 0 spiro atoms. The molecule has 0 saturated heterocycles. The Kier molecular flexibility index (Phi) is 6.42. The summed E-state index contributed by atoms with van der Waals surface area (Å²) in [6, 6.07) is 10.9. The van der Waals surface area contributed by atoms with Gasteiger partial charge in [-0.3, -0.25) is 4.98 Å². The highest BCUT2D eigenvalue weighted by Gasteiger charge is 2.27. The van der Waals surface area contributed by atoms with E-state index in [-0.39, 0.29) is 11.3 Å². The molecule has 0 unspecified atom stereocenters. The van der Waals surface area contributed by atoms with Crippen LogP contribution < -0.4 is 9.64 Å². The maximum Gasteiger partial charge on any atom is 0.355 e. The molecule has 148 valence electrons. The van der Waals surface area contributed by atoms with Gasteiger partial charge in [0.1, 0.15) is 18.1 Å². The predicted molar refractivity (Wildman–Crippen MR) is 107 cm³/mol. The SMILES string of the molecule is COC(=O)C1=C(C(=O)OC)N(c2ccc(OCc3ccncc3)cc2)C=CC=C1. The third kappa shape index (κ3) is 4.70. The van der Waals surface area contributed by atoms with Crippen LogP contribution in [0, 0.1) is 0 Å². The first-order chi connectivity index (χ1) is 14.1. The number of hydrogen-bond acceptors (Lipinski definition) is 7. The highest BCUT2D eigenvalue weighted by atomic mass is 16.5. The summed E-state index contributed by atoms with van der Waals surface area (Å²) in [4.78, 5) is 30.2. The lowest BCUT2D eigenvalue weighted by Crippen LogP contribution is -2.26. The molecule has 0 aliphatic carbocycles. The number of rotatable bonds is 6. The number of benzene rings is 1. The van der Waals surface area contributed by atoms with E-state index >= 15 is 0 Å². The van der Waals surface area contributed by atoms with Gasteiger partial charge in [-0.25, -0.2) is 9.59 Å². The molecule has 3 rings (SSSR count). The summed E-state index contributed by atoms with van der Waals surface area (Å²) in [7, 11) is 2.52. The lowest BCUT2D eigenvalue weighted by atomic mass is 10.1. The van der Waals surface area contributed by atoms with Crippen molar-refractivity contribution in [1.29, 1.82) is 0 Å². The Labute approximate surface area is 168 Å². The van der Waals surface area contributed by atoms with Crippen LogP contribution in [0.2, 0.25) is 0 Å². The quantitative estimate of drug-likeness (QED) is 0.699. The van der Waals surface area contributed by atoms with E-state index in [4.69, 9.17) is 14.2 Å². The Hall–Kier alpha value is -3.87. The van der Waals surface area contributed by atoms with Gasteiger partial charge in [0.05, 0.1) is 19.8 Å². The molecule has 0 amide bonds. The predicted octanol–water partition coefficient (Wildman–Crippen LogP) is 3.15. The number of anilines is 1. The normalized spacial score (nSPS) is 13.1. The molecule has 7 nitrogen and oxygen atoms in total. The molecule has 0 N–H and O–H groups in total. The maximum atomic E-state index is 12.4. The fourth-order valence-corrected chi connectivity index (χ4v) is 2.71. The van der Waals surface area contributed by atoms with Gasteiger partial charge in [0.25, 0.3) is 0 Å². The van der Waals surface area contributed by atoms with Gasteiger partial charge in [0, 0.05) is 24.3 Å². The minimum Gasteiger partial charge on any atom is -0.489 e. The molecular weight excluding hydrogens is 372 g/mol. The van der Waals surface area contributed by atoms with E-state index in [1.54, 1.807) is 59.9 Å². The molecule has 1 aromatic carbocycles. The van der Waals surface area contributed by atoms with Gasteiger partial charge in [0.2, 0.25) is 0 Å².